The second-order valence-electron chi connectivity index (χ2n) is 3.45. The van der Waals surface area contributed by atoms with Crippen LogP contribution >= 0.6 is 0 Å². The Morgan fingerprint density at radius 3 is 2.13 bits per heavy atom. The van der Waals surface area contributed by atoms with Crippen LogP contribution < -0.4 is 4.74 Å². The quantitative estimate of drug-likeness (QED) is 0.734. The first kappa shape index (κ1) is 11.9. The highest BCUT2D eigenvalue weighted by Gasteiger charge is 2.31. The summed E-state index contributed by atoms with van der Waals surface area (Å²) in [4.78, 5) is 0. The standard InChI is InChI=1S/C11H12F3O/c1-7(2)8-4-9(11(12,13)14)6-10(5-8)15-3/h4-6H,1-3H3. The van der Waals surface area contributed by atoms with Crippen molar-refractivity contribution in [3.05, 3.63) is 35.2 Å². The zero-order chi connectivity index (χ0) is 11.6. The number of rotatable bonds is 2. The predicted molar refractivity (Wildman–Crippen MR) is 51.7 cm³/mol. The molecule has 0 unspecified atom stereocenters. The lowest BCUT2D eigenvalue weighted by molar-refractivity contribution is -0.137. The van der Waals surface area contributed by atoms with E-state index in [0.29, 0.717) is 5.56 Å². The van der Waals surface area contributed by atoms with Gasteiger partial charge in [-0.05, 0) is 29.7 Å². The number of halogens is 3. The van der Waals surface area contributed by atoms with Crippen molar-refractivity contribution >= 4 is 0 Å². The predicted octanol–water partition coefficient (Wildman–Crippen LogP) is 3.68. The zero-order valence-electron chi connectivity index (χ0n) is 8.77. The van der Waals surface area contributed by atoms with Crippen molar-refractivity contribution < 1.29 is 17.9 Å². The van der Waals surface area contributed by atoms with E-state index in [1.165, 1.54) is 7.11 Å². The molecule has 0 aliphatic heterocycles. The summed E-state index contributed by atoms with van der Waals surface area (Å²) in [7, 11) is 1.35. The highest BCUT2D eigenvalue weighted by molar-refractivity contribution is 5.41. The fourth-order valence-electron chi connectivity index (χ4n) is 1.17. The van der Waals surface area contributed by atoms with Crippen LogP contribution in [0.4, 0.5) is 13.2 Å². The fourth-order valence-corrected chi connectivity index (χ4v) is 1.17. The Balaban J connectivity index is 3.23. The summed E-state index contributed by atoms with van der Waals surface area (Å²) >= 11 is 0. The molecular formula is C11H12F3O. The summed E-state index contributed by atoms with van der Waals surface area (Å²) in [6.45, 7) is 3.52. The number of hydrogen-bond donors (Lipinski definition) is 0. The van der Waals surface area contributed by atoms with E-state index >= 15 is 0 Å². The molecule has 83 valence electrons. The highest BCUT2D eigenvalue weighted by atomic mass is 19.4. The second-order valence-corrected chi connectivity index (χ2v) is 3.45. The molecule has 0 aliphatic rings. The van der Waals surface area contributed by atoms with Crippen molar-refractivity contribution in [2.45, 2.75) is 20.0 Å². The van der Waals surface area contributed by atoms with E-state index in [1.54, 1.807) is 19.9 Å². The van der Waals surface area contributed by atoms with Gasteiger partial charge < -0.3 is 4.74 Å². The lowest BCUT2D eigenvalue weighted by Gasteiger charge is -2.13. The van der Waals surface area contributed by atoms with Crippen LogP contribution in [0, 0.1) is 5.92 Å². The van der Waals surface area contributed by atoms with Gasteiger partial charge in [0.2, 0.25) is 0 Å². The molecule has 0 aliphatic carbocycles. The van der Waals surface area contributed by atoms with Crippen molar-refractivity contribution in [3.8, 4) is 5.75 Å². The molecule has 0 heterocycles. The molecule has 0 bridgehead atoms. The Bertz CT molecular complexity index is 342. The molecule has 15 heavy (non-hydrogen) atoms. The van der Waals surface area contributed by atoms with Crippen LogP contribution in [0.25, 0.3) is 0 Å². The Morgan fingerprint density at radius 1 is 1.13 bits per heavy atom. The first-order chi connectivity index (χ1) is 6.84. The Labute approximate surface area is 86.9 Å². The Kier molecular flexibility index (Phi) is 3.27. The highest BCUT2D eigenvalue weighted by Crippen LogP contribution is 2.34. The van der Waals surface area contributed by atoms with Gasteiger partial charge in [-0.3, -0.25) is 0 Å². The smallest absolute Gasteiger partial charge is 0.416 e. The second kappa shape index (κ2) is 4.13. The average Bonchev–Trinajstić information content (AvgIpc) is 2.15. The first-order valence-corrected chi connectivity index (χ1v) is 4.41. The topological polar surface area (TPSA) is 9.23 Å². The molecule has 4 heteroatoms. The van der Waals surface area contributed by atoms with Gasteiger partial charge in [-0.15, -0.1) is 0 Å². The molecule has 1 nitrogen and oxygen atoms in total. The lowest BCUT2D eigenvalue weighted by Crippen LogP contribution is -2.06. The average molecular weight is 217 g/mol. The third kappa shape index (κ3) is 2.88. The molecule has 0 amide bonds. The minimum absolute atomic E-state index is 0.223. The third-order valence-electron chi connectivity index (χ3n) is 2.05. The Hall–Kier alpha value is -1.19. The summed E-state index contributed by atoms with van der Waals surface area (Å²) < 4.78 is 42.3. The molecule has 0 spiro atoms. The minimum atomic E-state index is -4.33. The van der Waals surface area contributed by atoms with Gasteiger partial charge in [0, 0.05) is 0 Å². The molecule has 0 atom stereocenters. The molecular weight excluding hydrogens is 205 g/mol. The van der Waals surface area contributed by atoms with E-state index in [-0.39, 0.29) is 5.75 Å². The van der Waals surface area contributed by atoms with Gasteiger partial charge in [0.15, 0.2) is 0 Å². The van der Waals surface area contributed by atoms with Crippen molar-refractivity contribution in [3.63, 3.8) is 0 Å². The third-order valence-corrected chi connectivity index (χ3v) is 2.05. The fraction of sp³-hybridized carbons (Fsp3) is 0.364. The number of alkyl halides is 3. The molecule has 1 aromatic rings. The first-order valence-electron chi connectivity index (χ1n) is 4.41. The number of methoxy groups -OCH3 is 1. The van der Waals surface area contributed by atoms with Gasteiger partial charge >= 0.3 is 6.18 Å². The summed E-state index contributed by atoms with van der Waals surface area (Å²) in [5.41, 5.74) is -0.139. The molecule has 0 saturated heterocycles. The van der Waals surface area contributed by atoms with Crippen LogP contribution in [-0.4, -0.2) is 7.11 Å². The SMILES string of the molecule is COc1cc([C](C)C)cc(C(F)(F)F)c1. The molecule has 1 radical (unpaired) electrons. The van der Waals surface area contributed by atoms with Crippen LogP contribution in [0.3, 0.4) is 0 Å². The summed E-state index contributed by atoms with van der Waals surface area (Å²) in [5, 5.41) is 0. The molecule has 0 fully saturated rings. The number of hydrogen-bond acceptors (Lipinski definition) is 1. The van der Waals surface area contributed by atoms with Crippen molar-refractivity contribution in [2.75, 3.05) is 7.11 Å². The van der Waals surface area contributed by atoms with E-state index in [0.717, 1.165) is 18.1 Å². The van der Waals surface area contributed by atoms with E-state index in [2.05, 4.69) is 0 Å². The molecule has 0 N–H and O–H groups in total. The van der Waals surface area contributed by atoms with E-state index in [9.17, 15) is 13.2 Å². The molecule has 1 aromatic carbocycles. The monoisotopic (exact) mass is 217 g/mol. The van der Waals surface area contributed by atoms with Gasteiger partial charge in [0.1, 0.15) is 5.75 Å². The number of benzene rings is 1. The lowest BCUT2D eigenvalue weighted by atomic mass is 10.00. The summed E-state index contributed by atoms with van der Waals surface area (Å²) in [6.07, 6.45) is -4.33. The maximum Gasteiger partial charge on any atom is 0.416 e. The zero-order valence-corrected chi connectivity index (χ0v) is 8.77. The van der Waals surface area contributed by atoms with E-state index in [4.69, 9.17) is 4.74 Å². The number of ether oxygens (including phenoxy) is 1. The van der Waals surface area contributed by atoms with Crippen LogP contribution in [0.15, 0.2) is 18.2 Å². The van der Waals surface area contributed by atoms with Gasteiger partial charge in [0.25, 0.3) is 0 Å². The Morgan fingerprint density at radius 2 is 1.73 bits per heavy atom. The van der Waals surface area contributed by atoms with Gasteiger partial charge in [-0.2, -0.15) is 13.2 Å². The van der Waals surface area contributed by atoms with Crippen molar-refractivity contribution in [1.29, 1.82) is 0 Å². The van der Waals surface area contributed by atoms with Gasteiger partial charge in [0.05, 0.1) is 12.7 Å². The maximum absolute atomic E-state index is 12.5. The van der Waals surface area contributed by atoms with Crippen LogP contribution in [0.1, 0.15) is 25.0 Å². The van der Waals surface area contributed by atoms with Crippen LogP contribution in [0.2, 0.25) is 0 Å². The molecule has 1 rings (SSSR count). The minimum Gasteiger partial charge on any atom is -0.497 e. The largest absolute Gasteiger partial charge is 0.497 e. The van der Waals surface area contributed by atoms with Crippen molar-refractivity contribution in [1.82, 2.24) is 0 Å². The van der Waals surface area contributed by atoms with Crippen molar-refractivity contribution in [2.24, 2.45) is 0 Å². The maximum atomic E-state index is 12.5. The molecule has 0 saturated carbocycles. The summed E-state index contributed by atoms with van der Waals surface area (Å²) in [6, 6.07) is 3.70. The normalized spacial score (nSPS) is 11.9. The van der Waals surface area contributed by atoms with Crippen LogP contribution in [-0.2, 0) is 6.18 Å². The summed E-state index contributed by atoms with van der Waals surface area (Å²) in [5.74, 6) is 1.04. The van der Waals surface area contributed by atoms with E-state index in [1.807, 2.05) is 0 Å². The van der Waals surface area contributed by atoms with E-state index < -0.39 is 11.7 Å². The van der Waals surface area contributed by atoms with Gasteiger partial charge in [-0.1, -0.05) is 13.8 Å². The molecule has 0 aromatic heterocycles. The van der Waals surface area contributed by atoms with Crippen LogP contribution in [0.5, 0.6) is 5.75 Å². The van der Waals surface area contributed by atoms with Gasteiger partial charge in [-0.25, -0.2) is 0 Å².